The number of halogens is 4. The SMILES string of the molecule is O=C(N1CC(c2ncn[nH]2)C1)N1CC2(CC(Cc3cc(F)cc(C(F)(F)F)c3)C2)C1. The number of hydrogen-bond acceptors (Lipinski definition) is 3. The summed E-state index contributed by atoms with van der Waals surface area (Å²) in [6, 6.07) is 2.79. The van der Waals surface area contributed by atoms with Crippen LogP contribution in [0, 0.1) is 17.2 Å². The Hall–Kier alpha value is -2.65. The molecular formula is C20H21F4N5O. The molecule has 2 amide bonds. The summed E-state index contributed by atoms with van der Waals surface area (Å²) in [6.45, 7) is 2.62. The monoisotopic (exact) mass is 423 g/mol. The van der Waals surface area contributed by atoms with E-state index in [1.807, 2.05) is 4.90 Å². The van der Waals surface area contributed by atoms with Gasteiger partial charge >= 0.3 is 12.2 Å². The van der Waals surface area contributed by atoms with E-state index >= 15 is 0 Å². The Labute approximate surface area is 170 Å². The maximum absolute atomic E-state index is 13.6. The Balaban J connectivity index is 1.09. The fourth-order valence-corrected chi connectivity index (χ4v) is 5.15. The molecule has 6 nitrogen and oxygen atoms in total. The first-order valence-electron chi connectivity index (χ1n) is 9.97. The lowest BCUT2D eigenvalue weighted by Crippen LogP contribution is -2.67. The lowest BCUT2D eigenvalue weighted by molar-refractivity contribution is -0.137. The topological polar surface area (TPSA) is 65.1 Å². The van der Waals surface area contributed by atoms with Crippen LogP contribution in [0.1, 0.15) is 35.7 Å². The summed E-state index contributed by atoms with van der Waals surface area (Å²) in [7, 11) is 0. The van der Waals surface area contributed by atoms with E-state index in [2.05, 4.69) is 15.2 Å². The first-order valence-corrected chi connectivity index (χ1v) is 9.97. The Bertz CT molecular complexity index is 941. The molecule has 1 aromatic heterocycles. The van der Waals surface area contributed by atoms with E-state index < -0.39 is 17.6 Å². The van der Waals surface area contributed by atoms with E-state index in [4.69, 9.17) is 0 Å². The van der Waals surface area contributed by atoms with Crippen LogP contribution in [0.5, 0.6) is 0 Å². The lowest BCUT2D eigenvalue weighted by Gasteiger charge is -2.60. The maximum atomic E-state index is 13.6. The number of urea groups is 1. The maximum Gasteiger partial charge on any atom is 0.416 e. The van der Waals surface area contributed by atoms with Crippen molar-refractivity contribution in [1.82, 2.24) is 25.0 Å². The van der Waals surface area contributed by atoms with Crippen molar-refractivity contribution in [2.24, 2.45) is 11.3 Å². The van der Waals surface area contributed by atoms with E-state index in [0.29, 0.717) is 44.2 Å². The standard InChI is InChI=1S/C20H21F4N5O/c21-16-3-12(2-15(4-16)20(22,23)24)1-13-5-19(6-13)9-29(10-19)18(30)28-7-14(8-28)17-25-11-26-27-17/h2-4,11,13-14H,1,5-10H2,(H,25,26,27). The smallest absolute Gasteiger partial charge is 0.323 e. The van der Waals surface area contributed by atoms with Crippen LogP contribution >= 0.6 is 0 Å². The normalized spacial score (nSPS) is 21.3. The summed E-state index contributed by atoms with van der Waals surface area (Å²) >= 11 is 0. The van der Waals surface area contributed by atoms with E-state index in [9.17, 15) is 22.4 Å². The second-order valence-corrected chi connectivity index (χ2v) is 8.94. The lowest BCUT2D eigenvalue weighted by atomic mass is 9.56. The molecule has 160 valence electrons. The van der Waals surface area contributed by atoms with Gasteiger partial charge in [-0.3, -0.25) is 5.10 Å². The number of alkyl halides is 3. The van der Waals surface area contributed by atoms with Gasteiger partial charge in [0.25, 0.3) is 0 Å². The minimum atomic E-state index is -4.55. The number of carbonyl (C=O) groups excluding carboxylic acids is 1. The van der Waals surface area contributed by atoms with Gasteiger partial charge in [0.05, 0.1) is 11.5 Å². The number of aromatic amines is 1. The zero-order valence-corrected chi connectivity index (χ0v) is 16.1. The average Bonchev–Trinajstić information content (AvgIpc) is 3.07. The number of carbonyl (C=O) groups is 1. The van der Waals surface area contributed by atoms with Crippen molar-refractivity contribution in [3.8, 4) is 0 Å². The van der Waals surface area contributed by atoms with Gasteiger partial charge in [0.2, 0.25) is 0 Å². The van der Waals surface area contributed by atoms with Crippen LogP contribution in [0.15, 0.2) is 24.5 Å². The minimum Gasteiger partial charge on any atom is -0.323 e. The molecule has 0 bridgehead atoms. The molecule has 0 atom stereocenters. The Morgan fingerprint density at radius 2 is 1.90 bits per heavy atom. The molecule has 2 aromatic rings. The number of aromatic nitrogens is 3. The van der Waals surface area contributed by atoms with Crippen molar-refractivity contribution in [2.75, 3.05) is 26.2 Å². The first kappa shape index (κ1) is 19.3. The molecule has 1 N–H and O–H groups in total. The summed E-state index contributed by atoms with van der Waals surface area (Å²) in [5.74, 6) is 0.372. The minimum absolute atomic E-state index is 0.0276. The number of likely N-dealkylation sites (tertiary alicyclic amines) is 2. The van der Waals surface area contributed by atoms with Crippen molar-refractivity contribution in [2.45, 2.75) is 31.4 Å². The second kappa shape index (κ2) is 6.68. The van der Waals surface area contributed by atoms with Crippen LogP contribution in [0.4, 0.5) is 22.4 Å². The van der Waals surface area contributed by atoms with Gasteiger partial charge in [-0.1, -0.05) is 0 Å². The third-order valence-corrected chi connectivity index (χ3v) is 6.55. The molecule has 1 aliphatic carbocycles. The van der Waals surface area contributed by atoms with Crippen molar-refractivity contribution in [3.63, 3.8) is 0 Å². The van der Waals surface area contributed by atoms with Crippen molar-refractivity contribution >= 4 is 6.03 Å². The molecule has 3 fully saturated rings. The van der Waals surface area contributed by atoms with E-state index in [1.54, 1.807) is 4.90 Å². The number of H-pyrrole nitrogens is 1. The number of hydrogen-bond donors (Lipinski definition) is 1. The van der Waals surface area contributed by atoms with E-state index in [-0.39, 0.29) is 23.3 Å². The van der Waals surface area contributed by atoms with Crippen LogP contribution < -0.4 is 0 Å². The summed E-state index contributed by atoms with van der Waals surface area (Å²) in [5.41, 5.74) is -0.478. The van der Waals surface area contributed by atoms with Crippen molar-refractivity contribution < 1.29 is 22.4 Å². The molecule has 0 unspecified atom stereocenters. The van der Waals surface area contributed by atoms with Crippen molar-refractivity contribution in [3.05, 3.63) is 47.3 Å². The molecule has 2 saturated heterocycles. The molecular weight excluding hydrogens is 402 g/mol. The number of amides is 2. The van der Waals surface area contributed by atoms with Crippen LogP contribution in [-0.4, -0.2) is 57.2 Å². The highest BCUT2D eigenvalue weighted by Crippen LogP contribution is 2.53. The third-order valence-electron chi connectivity index (χ3n) is 6.55. The zero-order chi connectivity index (χ0) is 21.1. The van der Waals surface area contributed by atoms with Crippen LogP contribution in [-0.2, 0) is 12.6 Å². The molecule has 10 heteroatoms. The second-order valence-electron chi connectivity index (χ2n) is 8.94. The van der Waals surface area contributed by atoms with Crippen molar-refractivity contribution in [1.29, 1.82) is 0 Å². The molecule has 2 aliphatic heterocycles. The number of nitrogens with zero attached hydrogens (tertiary/aromatic N) is 4. The Morgan fingerprint density at radius 1 is 1.17 bits per heavy atom. The highest BCUT2D eigenvalue weighted by molar-refractivity contribution is 5.76. The van der Waals surface area contributed by atoms with E-state index in [0.717, 1.165) is 24.7 Å². The molecule has 1 saturated carbocycles. The van der Waals surface area contributed by atoms with Gasteiger partial charge in [-0.25, -0.2) is 14.2 Å². The fraction of sp³-hybridized carbons (Fsp3) is 0.550. The molecule has 0 radical (unpaired) electrons. The van der Waals surface area contributed by atoms with Gasteiger partial charge in [-0.05, 0) is 48.9 Å². The number of nitrogens with one attached hydrogen (secondary N) is 1. The predicted octanol–water partition coefficient (Wildman–Crippen LogP) is 3.44. The first-order chi connectivity index (χ1) is 14.2. The summed E-state index contributed by atoms with van der Waals surface area (Å²) in [4.78, 5) is 20.3. The van der Waals surface area contributed by atoms with Crippen LogP contribution in [0.25, 0.3) is 0 Å². The summed E-state index contributed by atoms with van der Waals surface area (Å²) < 4.78 is 52.2. The number of rotatable bonds is 3. The average molecular weight is 423 g/mol. The van der Waals surface area contributed by atoms with Crippen LogP contribution in [0.2, 0.25) is 0 Å². The van der Waals surface area contributed by atoms with Gasteiger partial charge in [-0.2, -0.15) is 18.3 Å². The Kier molecular flexibility index (Phi) is 4.30. The highest BCUT2D eigenvalue weighted by Gasteiger charge is 2.54. The van der Waals surface area contributed by atoms with Gasteiger partial charge < -0.3 is 9.80 Å². The fourth-order valence-electron chi connectivity index (χ4n) is 5.15. The highest BCUT2D eigenvalue weighted by atomic mass is 19.4. The predicted molar refractivity (Wildman–Crippen MR) is 97.9 cm³/mol. The summed E-state index contributed by atoms with van der Waals surface area (Å²) in [6.07, 6.45) is -0.943. The molecule has 3 aliphatic rings. The Morgan fingerprint density at radius 3 is 2.53 bits per heavy atom. The zero-order valence-electron chi connectivity index (χ0n) is 16.1. The van der Waals surface area contributed by atoms with E-state index in [1.165, 1.54) is 12.4 Å². The number of benzene rings is 1. The molecule has 5 rings (SSSR count). The molecule has 1 spiro atoms. The molecule has 3 heterocycles. The summed E-state index contributed by atoms with van der Waals surface area (Å²) in [5, 5.41) is 6.66. The van der Waals surface area contributed by atoms with Gasteiger partial charge in [0.1, 0.15) is 18.0 Å². The third kappa shape index (κ3) is 3.41. The molecule has 30 heavy (non-hydrogen) atoms. The molecule has 1 aromatic carbocycles. The van der Waals surface area contributed by atoms with Gasteiger partial charge in [-0.15, -0.1) is 0 Å². The van der Waals surface area contributed by atoms with Gasteiger partial charge in [0, 0.05) is 31.6 Å². The van der Waals surface area contributed by atoms with Crippen LogP contribution in [0.3, 0.4) is 0 Å². The largest absolute Gasteiger partial charge is 0.416 e. The van der Waals surface area contributed by atoms with Gasteiger partial charge in [0.15, 0.2) is 0 Å². The quantitative estimate of drug-likeness (QED) is 0.770.